The third-order valence-electron chi connectivity index (χ3n) is 5.12. The number of fused-ring (bicyclic) bond motifs is 1. The topological polar surface area (TPSA) is 80.3 Å². The lowest BCUT2D eigenvalue weighted by molar-refractivity contribution is 0.104. The molecule has 0 saturated heterocycles. The number of hydrogen-bond donors (Lipinski definition) is 2. The Morgan fingerprint density at radius 3 is 2.44 bits per heavy atom. The van der Waals surface area contributed by atoms with Gasteiger partial charge >= 0.3 is 6.09 Å². The van der Waals surface area contributed by atoms with Gasteiger partial charge in [-0.2, -0.15) is 0 Å². The van der Waals surface area contributed by atoms with E-state index in [1.54, 1.807) is 24.3 Å². The molecule has 0 unspecified atom stereocenters. The van der Waals surface area contributed by atoms with Crippen LogP contribution in [-0.4, -0.2) is 24.0 Å². The van der Waals surface area contributed by atoms with Gasteiger partial charge in [0.25, 0.3) is 0 Å². The first-order valence-electron chi connectivity index (χ1n) is 9.88. The number of carbonyl (C=O) groups excluding carboxylic acids is 2. The van der Waals surface area contributed by atoms with E-state index in [1.165, 1.54) is 7.11 Å². The van der Waals surface area contributed by atoms with Crippen molar-refractivity contribution in [3.05, 3.63) is 94.0 Å². The molecule has 1 heterocycles. The number of ether oxygens (including phenoxy) is 1. The zero-order valence-corrected chi connectivity index (χ0v) is 19.1. The fourth-order valence-corrected chi connectivity index (χ4v) is 3.95. The molecule has 1 amide bonds. The molecular weight excluding hydrogens is 470 g/mol. The van der Waals surface area contributed by atoms with Crippen molar-refractivity contribution in [2.24, 2.45) is 0 Å². The third kappa shape index (κ3) is 4.20. The molecule has 0 aliphatic carbocycles. The van der Waals surface area contributed by atoms with Gasteiger partial charge in [0.2, 0.25) is 0 Å². The van der Waals surface area contributed by atoms with Gasteiger partial charge in [0, 0.05) is 26.5 Å². The number of anilines is 1. The van der Waals surface area contributed by atoms with Crippen LogP contribution in [0.1, 0.15) is 21.5 Å². The van der Waals surface area contributed by atoms with Gasteiger partial charge in [-0.25, -0.2) is 15.2 Å². The summed E-state index contributed by atoms with van der Waals surface area (Å²) >= 11 is 3.50. The summed E-state index contributed by atoms with van der Waals surface area (Å²) in [6.07, 6.45) is -0.658. The van der Waals surface area contributed by atoms with Crippen LogP contribution in [0.15, 0.2) is 77.3 Å². The molecular formula is C25H20BrN3O3. The predicted molar refractivity (Wildman–Crippen MR) is 129 cm³/mol. The van der Waals surface area contributed by atoms with Crippen molar-refractivity contribution in [2.45, 2.75) is 6.92 Å². The largest absolute Gasteiger partial charge is 0.452 e. The number of hydrogen-bond acceptors (Lipinski definition) is 5. The van der Waals surface area contributed by atoms with Crippen molar-refractivity contribution in [1.82, 2.24) is 10.4 Å². The number of para-hydroxylation sites is 1. The summed E-state index contributed by atoms with van der Waals surface area (Å²) < 4.78 is 5.48. The van der Waals surface area contributed by atoms with Gasteiger partial charge in [0.1, 0.15) is 0 Å². The van der Waals surface area contributed by atoms with E-state index in [0.717, 1.165) is 26.7 Å². The number of pyridine rings is 1. The summed E-state index contributed by atoms with van der Waals surface area (Å²) in [5.41, 5.74) is 9.80. The van der Waals surface area contributed by atoms with Gasteiger partial charge in [-0.1, -0.05) is 64.5 Å². The maximum absolute atomic E-state index is 13.9. The minimum atomic E-state index is -0.658. The molecule has 0 atom stereocenters. The second kappa shape index (κ2) is 9.20. The van der Waals surface area contributed by atoms with Gasteiger partial charge in [0.05, 0.1) is 24.0 Å². The fourth-order valence-electron chi connectivity index (χ4n) is 3.60. The third-order valence-corrected chi connectivity index (χ3v) is 5.62. The number of benzene rings is 3. The molecule has 0 bridgehead atoms. The van der Waals surface area contributed by atoms with E-state index in [9.17, 15) is 9.59 Å². The summed E-state index contributed by atoms with van der Waals surface area (Å²) in [6.45, 7) is 1.91. The van der Waals surface area contributed by atoms with Gasteiger partial charge in [-0.15, -0.1) is 0 Å². The lowest BCUT2D eigenvalue weighted by Crippen LogP contribution is -2.30. The Morgan fingerprint density at radius 2 is 1.69 bits per heavy atom. The first-order valence-corrected chi connectivity index (χ1v) is 10.7. The Kier molecular flexibility index (Phi) is 6.18. The Balaban J connectivity index is 1.90. The first-order chi connectivity index (χ1) is 15.5. The molecule has 0 fully saturated rings. The Morgan fingerprint density at radius 1 is 0.969 bits per heavy atom. The number of rotatable bonds is 5. The number of nitrogens with zero attached hydrogens (tertiary/aromatic N) is 1. The normalized spacial score (nSPS) is 10.6. The smallest absolute Gasteiger partial charge is 0.425 e. The van der Waals surface area contributed by atoms with Crippen LogP contribution in [-0.2, 0) is 4.74 Å². The number of hydrazine groups is 1. The van der Waals surface area contributed by atoms with Crippen molar-refractivity contribution < 1.29 is 14.3 Å². The maximum Gasteiger partial charge on any atom is 0.425 e. The van der Waals surface area contributed by atoms with Crippen LogP contribution < -0.4 is 10.9 Å². The van der Waals surface area contributed by atoms with E-state index in [1.807, 2.05) is 55.5 Å². The van der Waals surface area contributed by atoms with E-state index in [4.69, 9.17) is 4.98 Å². The van der Waals surface area contributed by atoms with Crippen LogP contribution in [0.5, 0.6) is 0 Å². The SMILES string of the molecule is COC(=O)NNc1ccccc1C(=O)c1c(C)c(-c2ccccc2)nc2cc(Br)ccc12. The van der Waals surface area contributed by atoms with E-state index in [-0.39, 0.29) is 5.78 Å². The average molecular weight is 490 g/mol. The second-order valence-corrected chi connectivity index (χ2v) is 8.02. The summed E-state index contributed by atoms with van der Waals surface area (Å²) in [4.78, 5) is 30.2. The molecule has 7 heteroatoms. The van der Waals surface area contributed by atoms with Crippen molar-refractivity contribution in [2.75, 3.05) is 12.5 Å². The number of aromatic nitrogens is 1. The number of nitrogens with one attached hydrogen (secondary N) is 2. The minimum absolute atomic E-state index is 0.177. The molecule has 0 aliphatic heterocycles. The highest BCUT2D eigenvalue weighted by Gasteiger charge is 2.22. The van der Waals surface area contributed by atoms with Crippen LogP contribution >= 0.6 is 15.9 Å². The Hall–Kier alpha value is -3.71. The van der Waals surface area contributed by atoms with Crippen molar-refractivity contribution in [3.63, 3.8) is 0 Å². The molecule has 160 valence electrons. The van der Waals surface area contributed by atoms with E-state index >= 15 is 0 Å². The van der Waals surface area contributed by atoms with Crippen LogP contribution in [0.25, 0.3) is 22.2 Å². The van der Waals surface area contributed by atoms with Gasteiger partial charge < -0.3 is 4.74 Å². The summed E-state index contributed by atoms with van der Waals surface area (Å²) in [5, 5.41) is 0.756. The fraction of sp³-hybridized carbons (Fsp3) is 0.0800. The number of ketones is 1. The Labute approximate surface area is 193 Å². The maximum atomic E-state index is 13.9. The number of amides is 1. The molecule has 2 N–H and O–H groups in total. The molecule has 4 rings (SSSR count). The quantitative estimate of drug-likeness (QED) is 0.270. The highest BCUT2D eigenvalue weighted by atomic mass is 79.9. The monoisotopic (exact) mass is 489 g/mol. The lowest BCUT2D eigenvalue weighted by Gasteiger charge is -2.16. The molecule has 1 aromatic heterocycles. The van der Waals surface area contributed by atoms with Crippen LogP contribution in [0.2, 0.25) is 0 Å². The van der Waals surface area contributed by atoms with Crippen molar-refractivity contribution in [3.8, 4) is 11.3 Å². The van der Waals surface area contributed by atoms with E-state index in [0.29, 0.717) is 22.3 Å². The second-order valence-electron chi connectivity index (χ2n) is 7.10. The average Bonchev–Trinajstić information content (AvgIpc) is 2.82. The van der Waals surface area contributed by atoms with E-state index in [2.05, 4.69) is 31.5 Å². The van der Waals surface area contributed by atoms with Gasteiger partial charge in [-0.3, -0.25) is 10.2 Å². The van der Waals surface area contributed by atoms with Crippen molar-refractivity contribution in [1.29, 1.82) is 0 Å². The first kappa shape index (κ1) is 21.5. The molecule has 0 radical (unpaired) electrons. The molecule has 0 aliphatic rings. The predicted octanol–water partition coefficient (Wildman–Crippen LogP) is 5.89. The lowest BCUT2D eigenvalue weighted by atomic mass is 9.91. The van der Waals surface area contributed by atoms with Gasteiger partial charge in [-0.05, 0) is 36.8 Å². The molecule has 3 aromatic carbocycles. The summed E-state index contributed by atoms with van der Waals surface area (Å²) in [7, 11) is 1.27. The Bertz CT molecular complexity index is 1320. The van der Waals surface area contributed by atoms with Gasteiger partial charge in [0.15, 0.2) is 5.78 Å². The molecule has 4 aromatic rings. The standard InChI is InChI=1S/C25H20BrN3O3/c1-15-22(24(30)19-10-6-7-11-20(19)28-29-25(31)32-2)18-13-12-17(26)14-21(18)27-23(15)16-8-4-3-5-9-16/h3-14,28H,1-2H3,(H,29,31). The minimum Gasteiger partial charge on any atom is -0.452 e. The highest BCUT2D eigenvalue weighted by Crippen LogP contribution is 2.33. The number of carbonyl (C=O) groups is 2. The van der Waals surface area contributed by atoms with Crippen molar-refractivity contribution >= 4 is 44.4 Å². The van der Waals surface area contributed by atoms with Crippen LogP contribution in [0.3, 0.4) is 0 Å². The summed E-state index contributed by atoms with van der Waals surface area (Å²) in [5.74, 6) is -0.177. The van der Waals surface area contributed by atoms with Crippen LogP contribution in [0.4, 0.5) is 10.5 Å². The molecule has 0 saturated carbocycles. The number of methoxy groups -OCH3 is 1. The summed E-state index contributed by atoms with van der Waals surface area (Å²) in [6, 6.07) is 22.5. The number of halogens is 1. The van der Waals surface area contributed by atoms with Crippen LogP contribution in [0, 0.1) is 6.92 Å². The van der Waals surface area contributed by atoms with E-state index < -0.39 is 6.09 Å². The highest BCUT2D eigenvalue weighted by molar-refractivity contribution is 9.10. The molecule has 32 heavy (non-hydrogen) atoms. The zero-order chi connectivity index (χ0) is 22.7. The molecule has 6 nitrogen and oxygen atoms in total. The molecule has 0 spiro atoms. The zero-order valence-electron chi connectivity index (χ0n) is 17.5.